The van der Waals surface area contributed by atoms with Crippen LogP contribution < -0.4 is 15.6 Å². The van der Waals surface area contributed by atoms with E-state index in [1.54, 1.807) is 24.3 Å². The maximum atomic E-state index is 12.7. The van der Waals surface area contributed by atoms with Gasteiger partial charge < -0.3 is 4.74 Å². The van der Waals surface area contributed by atoms with Crippen LogP contribution in [0.4, 0.5) is 4.39 Å². The van der Waals surface area contributed by atoms with Crippen LogP contribution in [0.25, 0.3) is 0 Å². The van der Waals surface area contributed by atoms with Gasteiger partial charge in [0.05, 0.1) is 0 Å². The molecular formula is C15H12BrFN2O3. The van der Waals surface area contributed by atoms with Gasteiger partial charge in [0, 0.05) is 10.0 Å². The van der Waals surface area contributed by atoms with Crippen molar-refractivity contribution in [1.29, 1.82) is 0 Å². The van der Waals surface area contributed by atoms with Crippen LogP contribution >= 0.6 is 15.9 Å². The van der Waals surface area contributed by atoms with E-state index in [1.807, 2.05) is 0 Å². The van der Waals surface area contributed by atoms with Crippen molar-refractivity contribution in [2.75, 3.05) is 6.61 Å². The lowest BCUT2D eigenvalue weighted by Crippen LogP contribution is -2.43. The molecule has 2 N–H and O–H groups in total. The third kappa shape index (κ3) is 4.85. The summed E-state index contributed by atoms with van der Waals surface area (Å²) >= 11 is 3.29. The van der Waals surface area contributed by atoms with Gasteiger partial charge in [-0.15, -0.1) is 0 Å². The number of rotatable bonds is 4. The Bertz CT molecular complexity index is 659. The van der Waals surface area contributed by atoms with Crippen LogP contribution in [0.5, 0.6) is 5.75 Å². The van der Waals surface area contributed by atoms with E-state index in [1.165, 1.54) is 12.1 Å². The molecule has 7 heteroatoms. The van der Waals surface area contributed by atoms with Crippen LogP contribution in [0, 0.1) is 5.82 Å². The Morgan fingerprint density at radius 2 is 1.64 bits per heavy atom. The average Bonchev–Trinajstić information content (AvgIpc) is 2.52. The number of hydrazine groups is 1. The van der Waals surface area contributed by atoms with Crippen molar-refractivity contribution in [3.8, 4) is 5.75 Å². The number of halogens is 2. The standard InChI is InChI=1S/C15H12BrFN2O3/c16-11-3-7-13(8-4-11)22-9-14(20)18-19-15(21)10-1-5-12(17)6-2-10/h1-8H,9H2,(H,18,20)(H,19,21). The first kappa shape index (κ1) is 16.0. The fourth-order valence-electron chi connectivity index (χ4n) is 1.52. The SMILES string of the molecule is O=C(COc1ccc(Br)cc1)NNC(=O)c1ccc(F)cc1. The summed E-state index contributed by atoms with van der Waals surface area (Å²) in [4.78, 5) is 23.2. The zero-order chi connectivity index (χ0) is 15.9. The summed E-state index contributed by atoms with van der Waals surface area (Å²) in [7, 11) is 0. The highest BCUT2D eigenvalue weighted by Crippen LogP contribution is 2.15. The molecule has 0 aliphatic carbocycles. The Labute approximate surface area is 134 Å². The lowest BCUT2D eigenvalue weighted by atomic mass is 10.2. The molecule has 0 aliphatic heterocycles. The van der Waals surface area contributed by atoms with Gasteiger partial charge in [-0.05, 0) is 48.5 Å². The second kappa shape index (κ2) is 7.56. The number of nitrogens with one attached hydrogen (secondary N) is 2. The van der Waals surface area contributed by atoms with Crippen molar-refractivity contribution < 1.29 is 18.7 Å². The minimum absolute atomic E-state index is 0.232. The monoisotopic (exact) mass is 366 g/mol. The summed E-state index contributed by atoms with van der Waals surface area (Å²) in [6, 6.07) is 11.9. The molecule has 0 unspecified atom stereocenters. The maximum Gasteiger partial charge on any atom is 0.276 e. The smallest absolute Gasteiger partial charge is 0.276 e. The van der Waals surface area contributed by atoms with Crippen LogP contribution in [0.3, 0.4) is 0 Å². The van der Waals surface area contributed by atoms with E-state index in [4.69, 9.17) is 4.74 Å². The quantitative estimate of drug-likeness (QED) is 0.816. The highest BCUT2D eigenvalue weighted by molar-refractivity contribution is 9.10. The summed E-state index contributed by atoms with van der Waals surface area (Å²) in [5, 5.41) is 0. The van der Waals surface area contributed by atoms with Crippen molar-refractivity contribution in [2.24, 2.45) is 0 Å². The number of carbonyl (C=O) groups is 2. The minimum Gasteiger partial charge on any atom is -0.484 e. The van der Waals surface area contributed by atoms with Gasteiger partial charge in [0.1, 0.15) is 11.6 Å². The Morgan fingerprint density at radius 3 is 2.27 bits per heavy atom. The van der Waals surface area contributed by atoms with E-state index in [9.17, 15) is 14.0 Å². The highest BCUT2D eigenvalue weighted by atomic mass is 79.9. The molecule has 0 atom stereocenters. The molecule has 0 saturated heterocycles. The molecule has 0 fully saturated rings. The first-order chi connectivity index (χ1) is 10.5. The molecule has 0 bridgehead atoms. The van der Waals surface area contributed by atoms with Crippen LogP contribution in [-0.2, 0) is 4.79 Å². The molecule has 22 heavy (non-hydrogen) atoms. The fourth-order valence-corrected chi connectivity index (χ4v) is 1.78. The molecule has 0 saturated carbocycles. The maximum absolute atomic E-state index is 12.7. The summed E-state index contributed by atoms with van der Waals surface area (Å²) in [5.41, 5.74) is 4.66. The third-order valence-electron chi connectivity index (χ3n) is 2.61. The van der Waals surface area contributed by atoms with Crippen molar-refractivity contribution in [3.05, 3.63) is 64.4 Å². The van der Waals surface area contributed by atoms with Crippen molar-refractivity contribution in [3.63, 3.8) is 0 Å². The van der Waals surface area contributed by atoms with Crippen LogP contribution in [0.1, 0.15) is 10.4 Å². The molecule has 114 valence electrons. The van der Waals surface area contributed by atoms with Crippen LogP contribution in [0.2, 0.25) is 0 Å². The van der Waals surface area contributed by atoms with Crippen molar-refractivity contribution in [1.82, 2.24) is 10.9 Å². The number of carbonyl (C=O) groups excluding carboxylic acids is 2. The van der Waals surface area contributed by atoms with Gasteiger partial charge in [-0.1, -0.05) is 15.9 Å². The Kier molecular flexibility index (Phi) is 5.48. The summed E-state index contributed by atoms with van der Waals surface area (Å²) < 4.78 is 18.9. The first-order valence-electron chi connectivity index (χ1n) is 6.28. The lowest BCUT2D eigenvalue weighted by Gasteiger charge is -2.09. The normalized spacial score (nSPS) is 9.91. The third-order valence-corrected chi connectivity index (χ3v) is 3.13. The molecule has 0 spiro atoms. The average molecular weight is 367 g/mol. The first-order valence-corrected chi connectivity index (χ1v) is 7.07. The minimum atomic E-state index is -0.544. The van der Waals surface area contributed by atoms with Gasteiger partial charge in [0.15, 0.2) is 6.61 Å². The molecule has 0 aromatic heterocycles. The van der Waals surface area contributed by atoms with Gasteiger partial charge in [0.25, 0.3) is 11.8 Å². The molecule has 5 nitrogen and oxygen atoms in total. The molecule has 2 aromatic rings. The molecular weight excluding hydrogens is 355 g/mol. The summed E-state index contributed by atoms with van der Waals surface area (Å²) in [5.74, 6) is -0.970. The van der Waals surface area contributed by atoms with E-state index in [0.717, 1.165) is 16.6 Å². The number of hydrogen-bond acceptors (Lipinski definition) is 3. The van der Waals surface area contributed by atoms with E-state index in [2.05, 4.69) is 26.8 Å². The van der Waals surface area contributed by atoms with E-state index < -0.39 is 17.6 Å². The van der Waals surface area contributed by atoms with Gasteiger partial charge in [-0.2, -0.15) is 0 Å². The lowest BCUT2D eigenvalue weighted by molar-refractivity contribution is -0.123. The number of hydrogen-bond donors (Lipinski definition) is 2. The molecule has 2 rings (SSSR count). The summed E-state index contributed by atoms with van der Waals surface area (Å²) in [6.07, 6.45) is 0. The summed E-state index contributed by atoms with van der Waals surface area (Å²) in [6.45, 7) is -0.245. The predicted molar refractivity (Wildman–Crippen MR) is 81.6 cm³/mol. The molecule has 2 aromatic carbocycles. The van der Waals surface area contributed by atoms with Gasteiger partial charge in [-0.25, -0.2) is 4.39 Å². The van der Waals surface area contributed by atoms with E-state index in [0.29, 0.717) is 5.75 Å². The highest BCUT2D eigenvalue weighted by Gasteiger charge is 2.08. The van der Waals surface area contributed by atoms with Gasteiger partial charge in [0.2, 0.25) is 0 Å². The largest absolute Gasteiger partial charge is 0.484 e. The number of amides is 2. The molecule has 2 amide bonds. The second-order valence-electron chi connectivity index (χ2n) is 4.25. The number of ether oxygens (including phenoxy) is 1. The van der Waals surface area contributed by atoms with Crippen LogP contribution in [0.15, 0.2) is 53.0 Å². The van der Waals surface area contributed by atoms with Gasteiger partial charge >= 0.3 is 0 Å². The van der Waals surface area contributed by atoms with Crippen molar-refractivity contribution in [2.45, 2.75) is 0 Å². The fraction of sp³-hybridized carbons (Fsp3) is 0.0667. The number of benzene rings is 2. The predicted octanol–water partition coefficient (Wildman–Crippen LogP) is 2.43. The van der Waals surface area contributed by atoms with E-state index in [-0.39, 0.29) is 12.2 Å². The topological polar surface area (TPSA) is 67.4 Å². The molecule has 0 radical (unpaired) electrons. The van der Waals surface area contributed by atoms with Gasteiger partial charge in [-0.3, -0.25) is 20.4 Å². The zero-order valence-corrected chi connectivity index (χ0v) is 12.9. The van der Waals surface area contributed by atoms with Crippen molar-refractivity contribution >= 4 is 27.7 Å². The zero-order valence-electron chi connectivity index (χ0n) is 11.3. The molecule has 0 aliphatic rings. The van der Waals surface area contributed by atoms with Crippen LogP contribution in [-0.4, -0.2) is 18.4 Å². The second-order valence-corrected chi connectivity index (χ2v) is 5.17. The Balaban J connectivity index is 1.76. The Hall–Kier alpha value is -2.41. The Morgan fingerprint density at radius 1 is 1.00 bits per heavy atom. The molecule has 0 heterocycles. The van der Waals surface area contributed by atoms with E-state index >= 15 is 0 Å².